The van der Waals surface area contributed by atoms with Gasteiger partial charge in [-0.1, -0.05) is 11.6 Å². The molecule has 64 valence electrons. The first kappa shape index (κ1) is 3.00. The van der Waals surface area contributed by atoms with Crippen LogP contribution in [0.1, 0.15) is 26.9 Å². The van der Waals surface area contributed by atoms with Crippen LogP contribution in [0.3, 0.4) is 0 Å². The van der Waals surface area contributed by atoms with Gasteiger partial charge in [0.2, 0.25) is 0 Å². The Morgan fingerprint density at radius 3 is 3.42 bits per heavy atom. The standard InChI is InChI=1S/C8H8ClNO2/c1-5-4-10-7(9)3-6(5)8(11)12-2/h3-4H,1-2H3/i1D3,2D3,3D,4D. The van der Waals surface area contributed by atoms with E-state index >= 15 is 0 Å². The van der Waals surface area contributed by atoms with Crippen molar-refractivity contribution in [1.82, 2.24) is 4.98 Å². The number of rotatable bonds is 1. The van der Waals surface area contributed by atoms with Crippen LogP contribution in [0.4, 0.5) is 0 Å². The van der Waals surface area contributed by atoms with Gasteiger partial charge >= 0.3 is 5.97 Å². The van der Waals surface area contributed by atoms with E-state index in [-0.39, 0.29) is 0 Å². The van der Waals surface area contributed by atoms with Crippen LogP contribution >= 0.6 is 11.6 Å². The highest BCUT2D eigenvalue weighted by atomic mass is 35.5. The van der Waals surface area contributed by atoms with Crippen molar-refractivity contribution in [3.05, 3.63) is 28.5 Å². The molecule has 0 saturated heterocycles. The highest BCUT2D eigenvalue weighted by Gasteiger charge is 2.09. The van der Waals surface area contributed by atoms with Crippen molar-refractivity contribution < 1.29 is 20.5 Å². The number of nitrogens with zero attached hydrogens (tertiary/aromatic N) is 1. The van der Waals surface area contributed by atoms with Gasteiger partial charge in [0.15, 0.2) is 0 Å². The second kappa shape index (κ2) is 3.54. The molecule has 0 unspecified atom stereocenters. The molecule has 0 atom stereocenters. The van der Waals surface area contributed by atoms with Crippen LogP contribution in [0.5, 0.6) is 0 Å². The largest absolute Gasteiger partial charge is 0.465 e. The van der Waals surface area contributed by atoms with E-state index in [2.05, 4.69) is 9.72 Å². The van der Waals surface area contributed by atoms with Crippen LogP contribution in [-0.4, -0.2) is 18.0 Å². The lowest BCUT2D eigenvalue weighted by atomic mass is 10.2. The summed E-state index contributed by atoms with van der Waals surface area (Å²) in [5.41, 5.74) is -1.77. The number of pyridine rings is 1. The van der Waals surface area contributed by atoms with Crippen LogP contribution in [0.25, 0.3) is 0 Å². The molecule has 0 bridgehead atoms. The molecule has 3 nitrogen and oxygen atoms in total. The van der Waals surface area contributed by atoms with E-state index in [0.29, 0.717) is 0 Å². The topological polar surface area (TPSA) is 39.2 Å². The summed E-state index contributed by atoms with van der Waals surface area (Å²) in [4.78, 5) is 15.0. The number of hydrogen-bond donors (Lipinski definition) is 0. The van der Waals surface area contributed by atoms with Gasteiger partial charge in [0.1, 0.15) is 5.15 Å². The molecule has 4 heteroatoms. The minimum absolute atomic E-state index is 0.597. The van der Waals surface area contributed by atoms with E-state index in [4.69, 9.17) is 22.6 Å². The Morgan fingerprint density at radius 1 is 1.92 bits per heavy atom. The quantitative estimate of drug-likeness (QED) is 0.505. The number of ether oxygens (including phenoxy) is 1. The lowest BCUT2D eigenvalue weighted by Crippen LogP contribution is -2.04. The molecule has 12 heavy (non-hydrogen) atoms. The molecular weight excluding hydrogens is 178 g/mol. The van der Waals surface area contributed by atoms with Crippen molar-refractivity contribution >= 4 is 17.6 Å². The van der Waals surface area contributed by atoms with Gasteiger partial charge in [-0.3, -0.25) is 0 Å². The predicted octanol–water partition coefficient (Wildman–Crippen LogP) is 1.83. The molecule has 0 aliphatic rings. The molecule has 0 radical (unpaired) electrons. The molecule has 0 amide bonds. The van der Waals surface area contributed by atoms with Gasteiger partial charge in [-0.15, -0.1) is 0 Å². The molecule has 1 rings (SSSR count). The van der Waals surface area contributed by atoms with Gasteiger partial charge in [-0.05, 0) is 18.5 Å². The van der Waals surface area contributed by atoms with E-state index in [1.807, 2.05) is 0 Å². The number of carbonyl (C=O) groups excluding carboxylic acids is 1. The summed E-state index contributed by atoms with van der Waals surface area (Å²) in [5, 5.41) is -0.597. The number of carbonyl (C=O) groups is 1. The zero-order valence-corrected chi connectivity index (χ0v) is 6.40. The molecule has 0 aliphatic heterocycles. The molecular formula is C8H8ClNO2. The van der Waals surface area contributed by atoms with E-state index < -0.39 is 48.4 Å². The number of esters is 1. The third kappa shape index (κ3) is 1.74. The first-order chi connectivity index (χ1) is 8.84. The number of aromatic nitrogens is 1. The third-order valence-electron chi connectivity index (χ3n) is 1.04. The van der Waals surface area contributed by atoms with Crippen LogP contribution in [-0.2, 0) is 4.74 Å². The van der Waals surface area contributed by atoms with Crippen molar-refractivity contribution in [2.24, 2.45) is 0 Å². The number of methoxy groups -OCH3 is 1. The second-order valence-corrected chi connectivity index (χ2v) is 2.14. The first-order valence-electron chi connectivity index (χ1n) is 6.75. The summed E-state index contributed by atoms with van der Waals surface area (Å²) in [7, 11) is -3.12. The van der Waals surface area contributed by atoms with Crippen molar-refractivity contribution in [3.8, 4) is 0 Å². The van der Waals surface area contributed by atoms with Crippen LogP contribution in [0.15, 0.2) is 12.2 Å². The summed E-state index contributed by atoms with van der Waals surface area (Å²) in [6, 6.07) is -0.803. The maximum Gasteiger partial charge on any atom is 0.338 e. The lowest BCUT2D eigenvalue weighted by molar-refractivity contribution is 0.0600. The van der Waals surface area contributed by atoms with E-state index in [1.165, 1.54) is 0 Å². The Morgan fingerprint density at radius 2 is 2.75 bits per heavy atom. The Hall–Kier alpha value is -1.09. The first-order valence-corrected chi connectivity index (χ1v) is 3.13. The normalized spacial score (nSPS) is 21.4. The Kier molecular flexibility index (Phi) is 0.884. The molecule has 0 fully saturated rings. The molecule has 0 spiro atoms. The highest BCUT2D eigenvalue weighted by Crippen LogP contribution is 2.12. The molecule has 1 aromatic rings. The van der Waals surface area contributed by atoms with Gasteiger partial charge in [-0.2, -0.15) is 0 Å². The van der Waals surface area contributed by atoms with Crippen molar-refractivity contribution in [3.63, 3.8) is 0 Å². The lowest BCUT2D eigenvalue weighted by Gasteiger charge is -2.02. The second-order valence-electron chi connectivity index (χ2n) is 1.78. The van der Waals surface area contributed by atoms with Crippen LogP contribution in [0.2, 0.25) is 5.15 Å². The van der Waals surface area contributed by atoms with Crippen LogP contribution in [0, 0.1) is 6.85 Å². The van der Waals surface area contributed by atoms with Gasteiger partial charge in [-0.25, -0.2) is 9.78 Å². The van der Waals surface area contributed by atoms with E-state index in [0.717, 1.165) is 0 Å². The van der Waals surface area contributed by atoms with E-state index in [9.17, 15) is 4.79 Å². The average Bonchev–Trinajstić information content (AvgIpc) is 2.18. The van der Waals surface area contributed by atoms with Crippen LogP contribution < -0.4 is 0 Å². The number of hydrogen-bond acceptors (Lipinski definition) is 3. The molecule has 0 aromatic carbocycles. The Balaban J connectivity index is 3.55. The molecule has 0 saturated carbocycles. The fourth-order valence-corrected chi connectivity index (χ4v) is 0.695. The molecule has 1 aromatic heterocycles. The zero-order chi connectivity index (χ0) is 15.9. The molecule has 0 N–H and O–H groups in total. The van der Waals surface area contributed by atoms with E-state index in [1.54, 1.807) is 0 Å². The summed E-state index contributed by atoms with van der Waals surface area (Å²) in [6.07, 6.45) is -0.844. The Labute approximate surface area is 86.6 Å². The monoisotopic (exact) mass is 193 g/mol. The van der Waals surface area contributed by atoms with Gasteiger partial charge in [0.05, 0.1) is 19.5 Å². The molecule has 1 heterocycles. The fourth-order valence-electron chi connectivity index (χ4n) is 0.559. The maximum atomic E-state index is 11.7. The van der Waals surface area contributed by atoms with Gasteiger partial charge in [0.25, 0.3) is 0 Å². The third-order valence-corrected chi connectivity index (χ3v) is 1.22. The summed E-state index contributed by atoms with van der Waals surface area (Å²) < 4.78 is 61.2. The Bertz CT molecular complexity index is 553. The SMILES string of the molecule is [2H]c1nc(Cl)c([2H])c(C(=O)OC([2H])([2H])[2H])c1C([2H])([2H])[2H]. The fraction of sp³-hybridized carbons (Fsp3) is 0.250. The van der Waals surface area contributed by atoms with Crippen molar-refractivity contribution in [2.45, 2.75) is 6.85 Å². The average molecular weight is 194 g/mol. The minimum Gasteiger partial charge on any atom is -0.465 e. The zero-order valence-electron chi connectivity index (χ0n) is 13.6. The van der Waals surface area contributed by atoms with Crippen molar-refractivity contribution in [1.29, 1.82) is 0 Å². The number of halogens is 1. The maximum absolute atomic E-state index is 11.7. The van der Waals surface area contributed by atoms with Crippen molar-refractivity contribution in [2.75, 3.05) is 7.04 Å². The van der Waals surface area contributed by atoms with Gasteiger partial charge in [0, 0.05) is 10.3 Å². The highest BCUT2D eigenvalue weighted by molar-refractivity contribution is 6.29. The minimum atomic E-state index is -3.12. The summed E-state index contributed by atoms with van der Waals surface area (Å²) in [6.45, 7) is -2.95. The summed E-state index contributed by atoms with van der Waals surface area (Å²) in [5.74, 6) is -1.57. The molecule has 0 aliphatic carbocycles. The summed E-state index contributed by atoms with van der Waals surface area (Å²) >= 11 is 5.51. The van der Waals surface area contributed by atoms with Gasteiger partial charge < -0.3 is 4.74 Å². The smallest absolute Gasteiger partial charge is 0.338 e. The predicted molar refractivity (Wildman–Crippen MR) is 45.3 cm³/mol.